The van der Waals surface area contributed by atoms with Gasteiger partial charge in [0.15, 0.2) is 0 Å². The lowest BCUT2D eigenvalue weighted by Gasteiger charge is -2.07. The van der Waals surface area contributed by atoms with E-state index in [-0.39, 0.29) is 5.91 Å². The average molecular weight is 272 g/mol. The molecule has 0 unspecified atom stereocenters. The number of carbonyl (C=O) groups is 1. The van der Waals surface area contributed by atoms with Crippen LogP contribution in [0.2, 0.25) is 0 Å². The van der Waals surface area contributed by atoms with Gasteiger partial charge in [-0.3, -0.25) is 4.79 Å². The fourth-order valence-corrected chi connectivity index (χ4v) is 1.81. The van der Waals surface area contributed by atoms with Gasteiger partial charge in [-0.25, -0.2) is 0 Å². The number of nitrogens with one attached hydrogen (secondary N) is 2. The molecule has 0 aliphatic rings. The third-order valence-electron chi connectivity index (χ3n) is 2.99. The average Bonchev–Trinajstić information content (AvgIpc) is 2.96. The summed E-state index contributed by atoms with van der Waals surface area (Å²) in [5, 5.41) is 2.88. The molecule has 0 atom stereocenters. The Kier molecular flexibility index (Phi) is 5.24. The highest BCUT2D eigenvalue weighted by Crippen LogP contribution is 2.11. The van der Waals surface area contributed by atoms with Gasteiger partial charge in [-0.1, -0.05) is 17.7 Å². The van der Waals surface area contributed by atoms with Gasteiger partial charge in [-0.15, -0.1) is 0 Å². The number of carbonyl (C=O) groups excluding carboxylic acids is 1. The first-order chi connectivity index (χ1) is 9.74. The van der Waals surface area contributed by atoms with Crippen LogP contribution in [0.5, 0.6) is 5.75 Å². The fraction of sp³-hybridized carbons (Fsp3) is 0.312. The van der Waals surface area contributed by atoms with Gasteiger partial charge in [0.2, 0.25) is 5.91 Å². The molecule has 1 amide bonds. The van der Waals surface area contributed by atoms with Crippen molar-refractivity contribution in [1.82, 2.24) is 10.3 Å². The van der Waals surface area contributed by atoms with Crippen LogP contribution in [0.4, 0.5) is 0 Å². The summed E-state index contributed by atoms with van der Waals surface area (Å²) in [5.41, 5.74) is 2.29. The Morgan fingerprint density at radius 3 is 2.75 bits per heavy atom. The molecule has 2 rings (SSSR count). The van der Waals surface area contributed by atoms with E-state index >= 15 is 0 Å². The van der Waals surface area contributed by atoms with Crippen LogP contribution in [0.3, 0.4) is 0 Å². The molecule has 2 aromatic rings. The van der Waals surface area contributed by atoms with Gasteiger partial charge in [0.05, 0.1) is 6.61 Å². The lowest BCUT2D eigenvalue weighted by atomic mass is 10.2. The number of amides is 1. The predicted octanol–water partition coefficient (Wildman–Crippen LogP) is 2.80. The molecule has 0 aliphatic heterocycles. The molecule has 20 heavy (non-hydrogen) atoms. The monoisotopic (exact) mass is 272 g/mol. The SMILES string of the molecule is Cc1ccc(OCCCC(=O)NCc2cc[nH]c2)cc1. The smallest absolute Gasteiger partial charge is 0.220 e. The number of aryl methyl sites for hydroxylation is 1. The van der Waals surface area contributed by atoms with E-state index in [1.807, 2.05) is 49.6 Å². The van der Waals surface area contributed by atoms with Crippen molar-refractivity contribution in [2.24, 2.45) is 0 Å². The molecule has 106 valence electrons. The minimum Gasteiger partial charge on any atom is -0.494 e. The van der Waals surface area contributed by atoms with Crippen LogP contribution in [-0.4, -0.2) is 17.5 Å². The van der Waals surface area contributed by atoms with E-state index in [1.165, 1.54) is 5.56 Å². The fourth-order valence-electron chi connectivity index (χ4n) is 1.81. The molecule has 1 heterocycles. The Morgan fingerprint density at radius 1 is 1.25 bits per heavy atom. The molecule has 0 spiro atoms. The number of benzene rings is 1. The second kappa shape index (κ2) is 7.38. The summed E-state index contributed by atoms with van der Waals surface area (Å²) in [6, 6.07) is 9.86. The number of H-pyrrole nitrogens is 1. The summed E-state index contributed by atoms with van der Waals surface area (Å²) >= 11 is 0. The van der Waals surface area contributed by atoms with Crippen LogP contribution in [0.15, 0.2) is 42.7 Å². The normalized spacial score (nSPS) is 10.2. The molecule has 4 nitrogen and oxygen atoms in total. The zero-order valence-corrected chi connectivity index (χ0v) is 11.7. The standard InChI is InChI=1S/C16H20N2O2/c1-13-4-6-15(7-5-13)20-10-2-3-16(19)18-12-14-8-9-17-11-14/h4-9,11,17H,2-3,10,12H2,1H3,(H,18,19). The van der Waals surface area contributed by atoms with Crippen molar-refractivity contribution in [3.8, 4) is 5.75 Å². The van der Waals surface area contributed by atoms with Crippen LogP contribution >= 0.6 is 0 Å². The first kappa shape index (κ1) is 14.2. The largest absolute Gasteiger partial charge is 0.494 e. The van der Waals surface area contributed by atoms with Crippen molar-refractivity contribution in [3.05, 3.63) is 53.9 Å². The Morgan fingerprint density at radius 2 is 2.05 bits per heavy atom. The van der Waals surface area contributed by atoms with Gasteiger partial charge in [0, 0.05) is 25.4 Å². The number of aromatic nitrogens is 1. The summed E-state index contributed by atoms with van der Waals surface area (Å²) in [6.45, 7) is 3.17. The van der Waals surface area contributed by atoms with E-state index in [4.69, 9.17) is 4.74 Å². The predicted molar refractivity (Wildman–Crippen MR) is 78.5 cm³/mol. The van der Waals surface area contributed by atoms with Crippen LogP contribution in [0.1, 0.15) is 24.0 Å². The maximum Gasteiger partial charge on any atom is 0.220 e. The molecule has 0 saturated heterocycles. The first-order valence-corrected chi connectivity index (χ1v) is 6.82. The molecule has 2 N–H and O–H groups in total. The maximum atomic E-state index is 11.6. The van der Waals surface area contributed by atoms with Crippen molar-refractivity contribution in [2.75, 3.05) is 6.61 Å². The Bertz CT molecular complexity index is 518. The van der Waals surface area contributed by atoms with Crippen LogP contribution in [-0.2, 0) is 11.3 Å². The first-order valence-electron chi connectivity index (χ1n) is 6.82. The maximum absolute atomic E-state index is 11.6. The van der Waals surface area contributed by atoms with Crippen LogP contribution in [0, 0.1) is 6.92 Å². The second-order valence-corrected chi connectivity index (χ2v) is 4.76. The number of ether oxygens (including phenoxy) is 1. The Hall–Kier alpha value is -2.23. The summed E-state index contributed by atoms with van der Waals surface area (Å²) in [7, 11) is 0. The van der Waals surface area contributed by atoms with E-state index < -0.39 is 0 Å². The van der Waals surface area contributed by atoms with Gasteiger partial charge in [0.1, 0.15) is 5.75 Å². The Labute approximate surface area is 119 Å². The van der Waals surface area contributed by atoms with Gasteiger partial charge >= 0.3 is 0 Å². The summed E-state index contributed by atoms with van der Waals surface area (Å²) in [6.07, 6.45) is 4.92. The summed E-state index contributed by atoms with van der Waals surface area (Å²) < 4.78 is 5.58. The van der Waals surface area contributed by atoms with Crippen LogP contribution < -0.4 is 10.1 Å². The van der Waals surface area contributed by atoms with Crippen molar-refractivity contribution < 1.29 is 9.53 Å². The third-order valence-corrected chi connectivity index (χ3v) is 2.99. The van der Waals surface area contributed by atoms with Gasteiger partial charge in [-0.2, -0.15) is 0 Å². The molecule has 1 aromatic carbocycles. The van der Waals surface area contributed by atoms with Crippen molar-refractivity contribution in [1.29, 1.82) is 0 Å². The summed E-state index contributed by atoms with van der Waals surface area (Å²) in [4.78, 5) is 14.6. The highest BCUT2D eigenvalue weighted by atomic mass is 16.5. The second-order valence-electron chi connectivity index (χ2n) is 4.76. The molecule has 0 bridgehead atoms. The van der Waals surface area contributed by atoms with E-state index in [2.05, 4.69) is 10.3 Å². The van der Waals surface area contributed by atoms with E-state index in [0.717, 1.165) is 11.3 Å². The molecule has 0 radical (unpaired) electrons. The number of hydrogen-bond donors (Lipinski definition) is 2. The van der Waals surface area contributed by atoms with Crippen molar-refractivity contribution in [3.63, 3.8) is 0 Å². The molecular weight excluding hydrogens is 252 g/mol. The Balaban J connectivity index is 1.58. The van der Waals surface area contributed by atoms with Crippen LogP contribution in [0.25, 0.3) is 0 Å². The lowest BCUT2D eigenvalue weighted by molar-refractivity contribution is -0.121. The molecule has 0 saturated carbocycles. The number of aromatic amines is 1. The molecular formula is C16H20N2O2. The topological polar surface area (TPSA) is 54.1 Å². The quantitative estimate of drug-likeness (QED) is 0.761. The minimum atomic E-state index is 0.0544. The lowest BCUT2D eigenvalue weighted by Crippen LogP contribution is -2.22. The van der Waals surface area contributed by atoms with Crippen molar-refractivity contribution >= 4 is 5.91 Å². The van der Waals surface area contributed by atoms with Gasteiger partial charge < -0.3 is 15.0 Å². The van der Waals surface area contributed by atoms with E-state index in [1.54, 1.807) is 0 Å². The molecule has 0 fully saturated rings. The number of rotatable bonds is 7. The third kappa shape index (κ3) is 4.80. The highest BCUT2D eigenvalue weighted by molar-refractivity contribution is 5.75. The van der Waals surface area contributed by atoms with Crippen molar-refractivity contribution in [2.45, 2.75) is 26.3 Å². The van der Waals surface area contributed by atoms with Gasteiger partial charge in [0.25, 0.3) is 0 Å². The van der Waals surface area contributed by atoms with E-state index in [9.17, 15) is 4.79 Å². The van der Waals surface area contributed by atoms with Gasteiger partial charge in [-0.05, 0) is 37.1 Å². The molecule has 4 heteroatoms. The highest BCUT2D eigenvalue weighted by Gasteiger charge is 2.02. The molecule has 0 aliphatic carbocycles. The number of hydrogen-bond acceptors (Lipinski definition) is 2. The zero-order chi connectivity index (χ0) is 14.2. The minimum absolute atomic E-state index is 0.0544. The molecule has 1 aromatic heterocycles. The van der Waals surface area contributed by atoms with E-state index in [0.29, 0.717) is 26.0 Å². The summed E-state index contributed by atoms with van der Waals surface area (Å²) in [5.74, 6) is 0.905. The zero-order valence-electron chi connectivity index (χ0n) is 11.7.